The second-order valence-electron chi connectivity index (χ2n) is 13.1. The number of epoxide rings is 1. The number of carbonyl (C=O) groups excluding carboxylic acids is 2. The fraction of sp³-hybridized carbons (Fsp3) is 0.800. The van der Waals surface area contributed by atoms with Crippen molar-refractivity contribution in [1.29, 1.82) is 0 Å². The Morgan fingerprint density at radius 1 is 1.16 bits per heavy atom. The number of methoxy groups -OCH3 is 2. The van der Waals surface area contributed by atoms with Gasteiger partial charge in [-0.3, -0.25) is 4.79 Å². The first kappa shape index (κ1) is 26.5. The third-order valence-electron chi connectivity index (χ3n) is 12.0. The van der Waals surface area contributed by atoms with E-state index in [1.807, 2.05) is 13.0 Å². The first-order valence-electron chi connectivity index (χ1n) is 14.1. The Balaban J connectivity index is 1.26. The lowest BCUT2D eigenvalue weighted by molar-refractivity contribution is -0.156. The summed E-state index contributed by atoms with van der Waals surface area (Å²) < 4.78 is 24.5. The molecule has 1 saturated heterocycles. The predicted octanol–water partition coefficient (Wildman–Crippen LogP) is 5.42. The van der Waals surface area contributed by atoms with Gasteiger partial charge in [-0.2, -0.15) is 0 Å². The van der Waals surface area contributed by atoms with Crippen molar-refractivity contribution in [3.8, 4) is 0 Å². The van der Waals surface area contributed by atoms with Crippen molar-refractivity contribution >= 4 is 34.3 Å². The van der Waals surface area contributed by atoms with E-state index in [9.17, 15) is 9.59 Å². The van der Waals surface area contributed by atoms with Crippen LogP contribution in [-0.2, 0) is 28.5 Å². The maximum atomic E-state index is 13.8. The molecule has 0 N–H and O–H groups in total. The molecule has 6 aliphatic rings. The minimum Gasteiger partial charge on any atom is -0.458 e. The molecule has 0 aromatic heterocycles. The number of carbonyl (C=O) groups is 2. The molecule has 11 atom stereocenters. The maximum absolute atomic E-state index is 13.8. The normalized spacial score (nSPS) is 49.4. The highest BCUT2D eigenvalue weighted by atomic mass is 127. The van der Waals surface area contributed by atoms with Crippen LogP contribution < -0.4 is 0 Å². The van der Waals surface area contributed by atoms with Crippen molar-refractivity contribution < 1.29 is 28.5 Å². The van der Waals surface area contributed by atoms with Crippen molar-refractivity contribution in [3.63, 3.8) is 0 Å². The number of hydrogen-bond donors (Lipinski definition) is 0. The Morgan fingerprint density at radius 3 is 2.59 bits per heavy atom. The second kappa shape index (κ2) is 8.87. The number of esters is 1. The average Bonchev–Trinajstić information content (AvgIpc) is 3.49. The number of rotatable bonds is 5. The number of hydrogen-bond acceptors (Lipinski definition) is 6. The molecule has 0 aromatic rings. The molecule has 1 spiro atoms. The van der Waals surface area contributed by atoms with E-state index in [1.54, 1.807) is 14.2 Å². The number of Topliss-reactive ketones (excluding diaryl/α,β-unsaturated/α-hetero) is 1. The highest BCUT2D eigenvalue weighted by molar-refractivity contribution is 14.1. The van der Waals surface area contributed by atoms with Crippen molar-refractivity contribution in [1.82, 2.24) is 0 Å². The van der Waals surface area contributed by atoms with Gasteiger partial charge in [0, 0.05) is 20.6 Å². The molecular weight excluding hydrogens is 583 g/mol. The number of fused-ring (bicyclic) bond motifs is 4. The molecule has 2 aliphatic heterocycles. The Labute approximate surface area is 234 Å². The summed E-state index contributed by atoms with van der Waals surface area (Å²) in [6, 6.07) is 0. The summed E-state index contributed by atoms with van der Waals surface area (Å²) in [5, 5.41) is 0. The maximum Gasteiger partial charge on any atom is 0.336 e. The van der Waals surface area contributed by atoms with Crippen LogP contribution in [0.1, 0.15) is 66.2 Å². The molecule has 4 aliphatic carbocycles. The highest BCUT2D eigenvalue weighted by Gasteiger charge is 2.81. The van der Waals surface area contributed by atoms with Crippen molar-refractivity contribution in [2.24, 2.45) is 40.4 Å². The Bertz CT molecular complexity index is 1080. The molecule has 4 fully saturated rings. The van der Waals surface area contributed by atoms with Crippen LogP contribution in [0.3, 0.4) is 0 Å². The predicted molar refractivity (Wildman–Crippen MR) is 147 cm³/mol. The quantitative estimate of drug-likeness (QED) is 0.231. The molecule has 0 aromatic carbocycles. The lowest BCUT2D eigenvalue weighted by Crippen LogP contribution is -2.64. The standard InChI is InChI=1S/C30H41IO6/c1-15-11-23(36-27(33)18(15)14-34-5)16(2)19-7-8-20-17-12-25-30(37-25)24(35-6)13-22(31)26(32)29(30,4)21(17)9-10-28(19,20)3/h13,16-17,19-21,23-25H,7-12,14H2,1-6H3/t16-,17-,19+,20-,21-,23+,24-,25+,28+,29-,30+/m0/s1. The lowest BCUT2D eigenvalue weighted by atomic mass is 9.44. The number of ether oxygens (including phenoxy) is 4. The van der Waals surface area contributed by atoms with Crippen LogP contribution >= 0.6 is 22.6 Å². The molecule has 3 saturated carbocycles. The fourth-order valence-corrected chi connectivity index (χ4v) is 11.0. The lowest BCUT2D eigenvalue weighted by Gasteiger charge is -2.58. The number of ketones is 1. The molecule has 0 unspecified atom stereocenters. The minimum absolute atomic E-state index is 0.0798. The molecule has 6 nitrogen and oxygen atoms in total. The van der Waals surface area contributed by atoms with Crippen LogP contribution in [0, 0.1) is 40.4 Å². The van der Waals surface area contributed by atoms with Gasteiger partial charge in [0.2, 0.25) is 0 Å². The first-order chi connectivity index (χ1) is 17.5. The van der Waals surface area contributed by atoms with E-state index >= 15 is 0 Å². The summed E-state index contributed by atoms with van der Waals surface area (Å²) in [6.45, 7) is 9.35. The van der Waals surface area contributed by atoms with Gasteiger partial charge in [0.25, 0.3) is 0 Å². The third-order valence-corrected chi connectivity index (χ3v) is 12.9. The monoisotopic (exact) mass is 624 g/mol. The summed E-state index contributed by atoms with van der Waals surface area (Å²) in [5.41, 5.74) is 0.945. The van der Waals surface area contributed by atoms with E-state index in [0.717, 1.165) is 41.3 Å². The number of cyclic esters (lactones) is 1. The van der Waals surface area contributed by atoms with E-state index < -0.39 is 11.0 Å². The Morgan fingerprint density at radius 2 is 1.92 bits per heavy atom. The summed E-state index contributed by atoms with van der Waals surface area (Å²) in [4.78, 5) is 26.6. The Hall–Kier alpha value is -0.770. The highest BCUT2D eigenvalue weighted by Crippen LogP contribution is 2.74. The van der Waals surface area contributed by atoms with Crippen LogP contribution in [0.25, 0.3) is 0 Å². The van der Waals surface area contributed by atoms with Gasteiger partial charge in [0.05, 0.1) is 27.3 Å². The van der Waals surface area contributed by atoms with Gasteiger partial charge in [-0.25, -0.2) is 4.79 Å². The minimum atomic E-state index is -0.532. The van der Waals surface area contributed by atoms with Crippen LogP contribution in [0.15, 0.2) is 20.8 Å². The molecule has 0 bridgehead atoms. The summed E-state index contributed by atoms with van der Waals surface area (Å²) in [5.74, 6) is 2.21. The summed E-state index contributed by atoms with van der Waals surface area (Å²) in [7, 11) is 3.36. The van der Waals surface area contributed by atoms with Gasteiger partial charge < -0.3 is 18.9 Å². The van der Waals surface area contributed by atoms with Crippen LogP contribution in [0.4, 0.5) is 0 Å². The van der Waals surface area contributed by atoms with Gasteiger partial charge in [0.15, 0.2) is 5.78 Å². The molecule has 37 heavy (non-hydrogen) atoms. The van der Waals surface area contributed by atoms with E-state index in [-0.39, 0.29) is 35.5 Å². The van der Waals surface area contributed by atoms with E-state index in [4.69, 9.17) is 18.9 Å². The SMILES string of the molecule is COCC1=C(C)C[C@H]([C@@H](C)[C@H]2CC[C@H]3[C@@H]4C[C@H]5O[C@]56[C@@H](OC)C=C(I)C(=O)[C@]6(C)[C@H]4CC[C@]23C)OC1=O. The van der Waals surface area contributed by atoms with Crippen molar-refractivity contribution in [2.75, 3.05) is 20.8 Å². The molecule has 0 amide bonds. The Kier molecular flexibility index (Phi) is 6.34. The smallest absolute Gasteiger partial charge is 0.336 e. The van der Waals surface area contributed by atoms with Crippen molar-refractivity contribution in [2.45, 2.75) is 90.1 Å². The molecule has 7 heteroatoms. The zero-order valence-electron chi connectivity index (χ0n) is 23.0. The van der Waals surface area contributed by atoms with Crippen molar-refractivity contribution in [3.05, 3.63) is 20.8 Å². The topological polar surface area (TPSA) is 74.4 Å². The van der Waals surface area contributed by atoms with Crippen LogP contribution in [0.5, 0.6) is 0 Å². The van der Waals surface area contributed by atoms with Gasteiger partial charge in [0.1, 0.15) is 17.8 Å². The van der Waals surface area contributed by atoms with Gasteiger partial charge in [-0.05, 0) is 110 Å². The van der Waals surface area contributed by atoms with Crippen LogP contribution in [0.2, 0.25) is 0 Å². The summed E-state index contributed by atoms with van der Waals surface area (Å²) >= 11 is 2.21. The van der Waals surface area contributed by atoms with Gasteiger partial charge in [-0.1, -0.05) is 19.4 Å². The molecule has 6 rings (SSSR count). The third kappa shape index (κ3) is 3.38. The zero-order valence-corrected chi connectivity index (χ0v) is 25.1. The average molecular weight is 625 g/mol. The fourth-order valence-electron chi connectivity index (χ4n) is 10.1. The molecule has 204 valence electrons. The number of halogens is 1. The first-order valence-corrected chi connectivity index (χ1v) is 15.1. The number of allylic oxidation sites excluding steroid dienone is 1. The van der Waals surface area contributed by atoms with E-state index in [2.05, 4.69) is 43.4 Å². The second-order valence-corrected chi connectivity index (χ2v) is 14.3. The zero-order chi connectivity index (χ0) is 26.5. The molecule has 2 heterocycles. The van der Waals surface area contributed by atoms with Crippen LogP contribution in [-0.4, -0.2) is 56.5 Å². The largest absolute Gasteiger partial charge is 0.458 e. The van der Waals surface area contributed by atoms with Gasteiger partial charge in [-0.15, -0.1) is 0 Å². The van der Waals surface area contributed by atoms with Gasteiger partial charge >= 0.3 is 5.97 Å². The molecular formula is C30H41IO6. The van der Waals surface area contributed by atoms with E-state index in [1.165, 1.54) is 6.42 Å². The van der Waals surface area contributed by atoms with E-state index in [0.29, 0.717) is 41.8 Å². The summed E-state index contributed by atoms with van der Waals surface area (Å²) in [6.07, 6.45) is 8.17. The molecule has 0 radical (unpaired) electrons.